The topological polar surface area (TPSA) is 45.2 Å². The zero-order chi connectivity index (χ0) is 12.8. The molecule has 0 atom stereocenters. The van der Waals surface area contributed by atoms with Gasteiger partial charge in [0.25, 0.3) is 0 Å². The molecule has 1 fully saturated rings. The number of halogens is 1. The Morgan fingerprint density at radius 1 is 1.33 bits per heavy atom. The number of aromatic nitrogens is 1. The second-order valence-electron chi connectivity index (χ2n) is 4.58. The molecule has 5 heteroatoms. The van der Waals surface area contributed by atoms with Gasteiger partial charge in [-0.1, -0.05) is 24.4 Å². The second-order valence-corrected chi connectivity index (χ2v) is 4.94. The lowest BCUT2D eigenvalue weighted by molar-refractivity contribution is -0.117. The number of rotatable bonds is 3. The van der Waals surface area contributed by atoms with Crippen LogP contribution in [0.2, 0.25) is 5.15 Å². The van der Waals surface area contributed by atoms with Gasteiger partial charge >= 0.3 is 0 Å². The average molecular weight is 268 g/mol. The van der Waals surface area contributed by atoms with Crippen molar-refractivity contribution < 1.29 is 4.79 Å². The molecule has 0 saturated carbocycles. The molecule has 0 unspecified atom stereocenters. The molecule has 0 radical (unpaired) electrons. The third-order valence-corrected chi connectivity index (χ3v) is 3.40. The maximum atomic E-state index is 11.9. The molecule has 0 aliphatic carbocycles. The number of hydrogen-bond acceptors (Lipinski definition) is 3. The van der Waals surface area contributed by atoms with Gasteiger partial charge in [0.2, 0.25) is 5.91 Å². The fourth-order valence-corrected chi connectivity index (χ4v) is 2.33. The van der Waals surface area contributed by atoms with Crippen molar-refractivity contribution in [3.63, 3.8) is 0 Å². The van der Waals surface area contributed by atoms with Gasteiger partial charge in [0.15, 0.2) is 5.15 Å². The molecule has 1 saturated heterocycles. The van der Waals surface area contributed by atoms with Gasteiger partial charge in [-0.05, 0) is 38.1 Å². The van der Waals surface area contributed by atoms with Gasteiger partial charge in [-0.15, -0.1) is 0 Å². The number of likely N-dealkylation sites (tertiary alicyclic amines) is 1. The Morgan fingerprint density at radius 3 is 2.72 bits per heavy atom. The van der Waals surface area contributed by atoms with Crippen LogP contribution in [0.1, 0.15) is 25.7 Å². The largest absolute Gasteiger partial charge is 0.322 e. The van der Waals surface area contributed by atoms with Crippen LogP contribution in [-0.2, 0) is 4.79 Å². The molecule has 1 aromatic heterocycles. The first-order chi connectivity index (χ1) is 8.75. The van der Waals surface area contributed by atoms with Crippen molar-refractivity contribution >= 4 is 23.2 Å². The Morgan fingerprint density at radius 2 is 2.06 bits per heavy atom. The fraction of sp³-hybridized carbons (Fsp3) is 0.538. The predicted molar refractivity (Wildman–Crippen MR) is 72.8 cm³/mol. The minimum Gasteiger partial charge on any atom is -0.322 e. The van der Waals surface area contributed by atoms with E-state index < -0.39 is 0 Å². The summed E-state index contributed by atoms with van der Waals surface area (Å²) in [5, 5.41) is 3.14. The molecule has 4 nitrogen and oxygen atoms in total. The van der Waals surface area contributed by atoms with Gasteiger partial charge in [-0.3, -0.25) is 9.69 Å². The molecular formula is C13H18ClN3O. The quantitative estimate of drug-likeness (QED) is 0.856. The first-order valence-corrected chi connectivity index (χ1v) is 6.76. The van der Waals surface area contributed by atoms with Crippen LogP contribution in [0.25, 0.3) is 0 Å². The molecule has 0 spiro atoms. The van der Waals surface area contributed by atoms with Crippen molar-refractivity contribution in [1.82, 2.24) is 9.88 Å². The minimum atomic E-state index is -0.0215. The number of carbonyl (C=O) groups excluding carboxylic acids is 1. The van der Waals surface area contributed by atoms with Crippen molar-refractivity contribution in [1.29, 1.82) is 0 Å². The maximum absolute atomic E-state index is 11.9. The summed E-state index contributed by atoms with van der Waals surface area (Å²) in [6.45, 7) is 2.45. The number of nitrogens with one attached hydrogen (secondary N) is 1. The molecule has 2 rings (SSSR count). The van der Waals surface area contributed by atoms with Crippen LogP contribution in [0.4, 0.5) is 5.69 Å². The highest BCUT2D eigenvalue weighted by molar-refractivity contribution is 6.32. The van der Waals surface area contributed by atoms with E-state index in [2.05, 4.69) is 15.2 Å². The highest BCUT2D eigenvalue weighted by Crippen LogP contribution is 2.17. The lowest BCUT2D eigenvalue weighted by Gasteiger charge is -2.19. The standard InChI is InChI=1S/C13H18ClN3O/c14-13-11(6-5-7-15-13)16-12(18)10-17-8-3-1-2-4-9-17/h5-7H,1-4,8-10H2,(H,16,18). The molecule has 98 valence electrons. The van der Waals surface area contributed by atoms with Crippen LogP contribution in [0.3, 0.4) is 0 Å². The summed E-state index contributed by atoms with van der Waals surface area (Å²) in [7, 11) is 0. The predicted octanol–water partition coefficient (Wildman–Crippen LogP) is 2.55. The Kier molecular flexibility index (Phi) is 4.96. The van der Waals surface area contributed by atoms with Crippen molar-refractivity contribution in [2.24, 2.45) is 0 Å². The van der Waals surface area contributed by atoms with E-state index in [9.17, 15) is 4.79 Å². The second kappa shape index (κ2) is 6.71. The molecule has 2 heterocycles. The van der Waals surface area contributed by atoms with Gasteiger partial charge in [-0.2, -0.15) is 0 Å². The van der Waals surface area contributed by atoms with Crippen LogP contribution in [-0.4, -0.2) is 35.4 Å². The number of pyridine rings is 1. The van der Waals surface area contributed by atoms with Crippen LogP contribution >= 0.6 is 11.6 Å². The molecule has 0 bridgehead atoms. The molecule has 1 aliphatic rings. The maximum Gasteiger partial charge on any atom is 0.238 e. The van der Waals surface area contributed by atoms with Crippen LogP contribution < -0.4 is 5.32 Å². The fourth-order valence-electron chi connectivity index (χ4n) is 2.17. The Balaban J connectivity index is 1.86. The van der Waals surface area contributed by atoms with Crippen LogP contribution in [0, 0.1) is 0 Å². The first-order valence-electron chi connectivity index (χ1n) is 6.38. The first kappa shape index (κ1) is 13.3. The lowest BCUT2D eigenvalue weighted by atomic mass is 10.2. The monoisotopic (exact) mass is 267 g/mol. The van der Waals surface area contributed by atoms with Crippen molar-refractivity contribution in [2.75, 3.05) is 25.0 Å². The molecule has 18 heavy (non-hydrogen) atoms. The number of carbonyl (C=O) groups is 1. The zero-order valence-corrected chi connectivity index (χ0v) is 11.1. The van der Waals surface area contributed by atoms with Gasteiger partial charge in [0, 0.05) is 6.20 Å². The molecule has 1 aliphatic heterocycles. The summed E-state index contributed by atoms with van der Waals surface area (Å²) in [5.41, 5.74) is 0.582. The summed E-state index contributed by atoms with van der Waals surface area (Å²) in [5.74, 6) is -0.0215. The van der Waals surface area contributed by atoms with Gasteiger partial charge in [0.05, 0.1) is 12.2 Å². The molecule has 1 N–H and O–H groups in total. The van der Waals surface area contributed by atoms with E-state index in [0.717, 1.165) is 13.1 Å². The zero-order valence-electron chi connectivity index (χ0n) is 10.4. The summed E-state index contributed by atoms with van der Waals surface area (Å²) in [6.07, 6.45) is 6.51. The Hall–Kier alpha value is -1.13. The minimum absolute atomic E-state index is 0.0215. The SMILES string of the molecule is O=C(CN1CCCCCC1)Nc1cccnc1Cl. The molecule has 0 aromatic carbocycles. The van der Waals surface area contributed by atoms with Crippen LogP contribution in [0.15, 0.2) is 18.3 Å². The number of hydrogen-bond donors (Lipinski definition) is 1. The van der Waals surface area contributed by atoms with Crippen molar-refractivity contribution in [3.05, 3.63) is 23.5 Å². The lowest BCUT2D eigenvalue weighted by Crippen LogP contribution is -2.34. The average Bonchev–Trinajstić information content (AvgIpc) is 2.61. The number of anilines is 1. The van der Waals surface area contributed by atoms with Crippen LogP contribution in [0.5, 0.6) is 0 Å². The number of nitrogens with zero attached hydrogens (tertiary/aromatic N) is 2. The highest BCUT2D eigenvalue weighted by Gasteiger charge is 2.13. The van der Waals surface area contributed by atoms with E-state index in [4.69, 9.17) is 11.6 Å². The Labute approximate surface area is 112 Å². The summed E-state index contributed by atoms with van der Waals surface area (Å²) >= 11 is 5.90. The van der Waals surface area contributed by atoms with E-state index in [1.165, 1.54) is 25.7 Å². The van der Waals surface area contributed by atoms with Crippen molar-refractivity contribution in [3.8, 4) is 0 Å². The summed E-state index contributed by atoms with van der Waals surface area (Å²) < 4.78 is 0. The van der Waals surface area contributed by atoms with Crippen molar-refractivity contribution in [2.45, 2.75) is 25.7 Å². The molecular weight excluding hydrogens is 250 g/mol. The van der Waals surface area contributed by atoms with Gasteiger partial charge in [0.1, 0.15) is 0 Å². The summed E-state index contributed by atoms with van der Waals surface area (Å²) in [4.78, 5) is 18.0. The third-order valence-electron chi connectivity index (χ3n) is 3.10. The van der Waals surface area contributed by atoms with Gasteiger partial charge in [-0.25, -0.2) is 4.98 Å². The highest BCUT2D eigenvalue weighted by atomic mass is 35.5. The molecule has 1 amide bonds. The van der Waals surface area contributed by atoms with E-state index in [-0.39, 0.29) is 5.91 Å². The van der Waals surface area contributed by atoms with E-state index >= 15 is 0 Å². The number of amides is 1. The summed E-state index contributed by atoms with van der Waals surface area (Å²) in [6, 6.07) is 3.52. The third kappa shape index (κ3) is 3.96. The van der Waals surface area contributed by atoms with Gasteiger partial charge < -0.3 is 5.32 Å². The van der Waals surface area contributed by atoms with E-state index in [1.807, 2.05) is 0 Å². The Bertz CT molecular complexity index is 403. The van der Waals surface area contributed by atoms with E-state index in [0.29, 0.717) is 17.4 Å². The normalized spacial score (nSPS) is 17.2. The smallest absolute Gasteiger partial charge is 0.238 e. The molecule has 1 aromatic rings. The van der Waals surface area contributed by atoms with E-state index in [1.54, 1.807) is 18.3 Å².